The standard InChI is InChI=1S/C13H12N4OS/c1-7-11(14)12(17-16-7)15-13(18)9-6-19-10-5-3-2-4-8(9)10/h2-6H,14H2,1H3,(H2,15,16,17,18). The number of aromatic nitrogens is 2. The Morgan fingerprint density at radius 2 is 2.21 bits per heavy atom. The topological polar surface area (TPSA) is 83.8 Å². The molecule has 0 aliphatic rings. The molecular weight excluding hydrogens is 260 g/mol. The maximum atomic E-state index is 12.2. The summed E-state index contributed by atoms with van der Waals surface area (Å²) in [4.78, 5) is 12.2. The molecular formula is C13H12N4OS. The number of nitrogen functional groups attached to an aromatic ring is 1. The maximum Gasteiger partial charge on any atom is 0.258 e. The molecule has 3 rings (SSSR count). The number of amides is 1. The summed E-state index contributed by atoms with van der Waals surface area (Å²) in [6, 6.07) is 7.79. The summed E-state index contributed by atoms with van der Waals surface area (Å²) in [6.45, 7) is 1.80. The first-order chi connectivity index (χ1) is 9.16. The van der Waals surface area contributed by atoms with Gasteiger partial charge in [-0.25, -0.2) is 0 Å². The van der Waals surface area contributed by atoms with Crippen LogP contribution in [0.2, 0.25) is 0 Å². The first-order valence-corrected chi connectivity index (χ1v) is 6.63. The summed E-state index contributed by atoms with van der Waals surface area (Å²) in [5, 5.41) is 12.2. The molecule has 0 bridgehead atoms. The molecule has 5 nitrogen and oxygen atoms in total. The van der Waals surface area contributed by atoms with Gasteiger partial charge in [0.15, 0.2) is 5.82 Å². The van der Waals surface area contributed by atoms with Crippen LogP contribution in [0.5, 0.6) is 0 Å². The van der Waals surface area contributed by atoms with Crippen molar-refractivity contribution in [2.75, 3.05) is 11.1 Å². The molecule has 4 N–H and O–H groups in total. The van der Waals surface area contributed by atoms with Gasteiger partial charge >= 0.3 is 0 Å². The Balaban J connectivity index is 1.94. The molecule has 2 aromatic heterocycles. The molecule has 2 heterocycles. The van der Waals surface area contributed by atoms with Crippen molar-refractivity contribution >= 4 is 38.8 Å². The van der Waals surface area contributed by atoms with Crippen molar-refractivity contribution < 1.29 is 4.79 Å². The van der Waals surface area contributed by atoms with Gasteiger partial charge in [-0.05, 0) is 13.0 Å². The molecule has 0 fully saturated rings. The fraction of sp³-hybridized carbons (Fsp3) is 0.0769. The third-order valence-corrected chi connectivity index (χ3v) is 3.92. The van der Waals surface area contributed by atoms with E-state index in [4.69, 9.17) is 5.73 Å². The number of hydrogen-bond acceptors (Lipinski definition) is 4. The van der Waals surface area contributed by atoms with E-state index >= 15 is 0 Å². The highest BCUT2D eigenvalue weighted by Gasteiger charge is 2.15. The average molecular weight is 272 g/mol. The minimum Gasteiger partial charge on any atom is -0.394 e. The number of aromatic amines is 1. The lowest BCUT2D eigenvalue weighted by atomic mass is 10.1. The van der Waals surface area contributed by atoms with Gasteiger partial charge in [0.2, 0.25) is 0 Å². The van der Waals surface area contributed by atoms with Crippen molar-refractivity contribution in [3.63, 3.8) is 0 Å². The number of rotatable bonds is 2. The lowest BCUT2D eigenvalue weighted by molar-refractivity contribution is 0.102. The molecule has 96 valence electrons. The van der Waals surface area contributed by atoms with E-state index in [9.17, 15) is 4.79 Å². The van der Waals surface area contributed by atoms with E-state index < -0.39 is 0 Å². The van der Waals surface area contributed by atoms with E-state index in [2.05, 4.69) is 15.5 Å². The summed E-state index contributed by atoms with van der Waals surface area (Å²) < 4.78 is 1.08. The van der Waals surface area contributed by atoms with Gasteiger partial charge in [-0.1, -0.05) is 18.2 Å². The average Bonchev–Trinajstić information content (AvgIpc) is 2.97. The van der Waals surface area contributed by atoms with E-state index in [-0.39, 0.29) is 5.91 Å². The van der Waals surface area contributed by atoms with E-state index in [0.717, 1.165) is 15.8 Å². The molecule has 0 atom stereocenters. The molecule has 1 aromatic carbocycles. The van der Waals surface area contributed by atoms with Crippen molar-refractivity contribution in [3.8, 4) is 0 Å². The normalized spacial score (nSPS) is 10.8. The highest BCUT2D eigenvalue weighted by molar-refractivity contribution is 7.17. The lowest BCUT2D eigenvalue weighted by Crippen LogP contribution is -2.12. The summed E-state index contributed by atoms with van der Waals surface area (Å²) in [5.74, 6) is 0.174. The predicted molar refractivity (Wildman–Crippen MR) is 77.5 cm³/mol. The molecule has 19 heavy (non-hydrogen) atoms. The fourth-order valence-corrected chi connectivity index (χ4v) is 2.80. The van der Waals surface area contributed by atoms with E-state index in [1.165, 1.54) is 0 Å². The number of thiophene rings is 1. The fourth-order valence-electron chi connectivity index (χ4n) is 1.86. The number of H-pyrrole nitrogens is 1. The number of fused-ring (bicyclic) bond motifs is 1. The van der Waals surface area contributed by atoms with Gasteiger partial charge in [-0.15, -0.1) is 11.3 Å². The largest absolute Gasteiger partial charge is 0.394 e. The molecule has 0 saturated heterocycles. The van der Waals surface area contributed by atoms with Crippen LogP contribution in [-0.4, -0.2) is 16.1 Å². The molecule has 0 aliphatic heterocycles. The highest BCUT2D eigenvalue weighted by atomic mass is 32.1. The Labute approximate surface area is 113 Å². The SMILES string of the molecule is Cc1[nH]nc(NC(=O)c2csc3ccccc23)c1N. The first-order valence-electron chi connectivity index (χ1n) is 5.75. The molecule has 0 unspecified atom stereocenters. The summed E-state index contributed by atoms with van der Waals surface area (Å²) >= 11 is 1.54. The maximum absolute atomic E-state index is 12.2. The first kappa shape index (κ1) is 11.7. The van der Waals surface area contributed by atoms with Crippen LogP contribution in [-0.2, 0) is 0 Å². The van der Waals surface area contributed by atoms with Crippen LogP contribution in [0.4, 0.5) is 11.5 Å². The second-order valence-corrected chi connectivity index (χ2v) is 5.12. The Bertz CT molecular complexity index is 759. The van der Waals surface area contributed by atoms with Crippen LogP contribution in [0, 0.1) is 6.92 Å². The lowest BCUT2D eigenvalue weighted by Gasteiger charge is -2.02. The van der Waals surface area contributed by atoms with E-state index in [1.807, 2.05) is 29.6 Å². The Morgan fingerprint density at radius 1 is 1.42 bits per heavy atom. The second-order valence-electron chi connectivity index (χ2n) is 4.21. The molecule has 0 radical (unpaired) electrons. The van der Waals surface area contributed by atoms with E-state index in [0.29, 0.717) is 17.1 Å². The van der Waals surface area contributed by atoms with Crippen molar-refractivity contribution in [2.24, 2.45) is 0 Å². The van der Waals surface area contributed by atoms with Crippen molar-refractivity contribution in [2.45, 2.75) is 6.92 Å². The van der Waals surface area contributed by atoms with Crippen LogP contribution in [0.1, 0.15) is 16.1 Å². The summed E-state index contributed by atoms with van der Waals surface area (Å²) in [7, 11) is 0. The van der Waals surface area contributed by atoms with Crippen molar-refractivity contribution in [1.82, 2.24) is 10.2 Å². The Hall–Kier alpha value is -2.34. The van der Waals surface area contributed by atoms with Crippen molar-refractivity contribution in [1.29, 1.82) is 0 Å². The van der Waals surface area contributed by atoms with Gasteiger partial charge in [0.25, 0.3) is 5.91 Å². The number of hydrogen-bond donors (Lipinski definition) is 3. The van der Waals surface area contributed by atoms with Crippen molar-refractivity contribution in [3.05, 3.63) is 40.9 Å². The number of carbonyl (C=O) groups excluding carboxylic acids is 1. The number of aryl methyl sites for hydroxylation is 1. The third kappa shape index (κ3) is 1.96. The predicted octanol–water partition coefficient (Wildman–Crippen LogP) is 2.77. The Morgan fingerprint density at radius 3 is 2.95 bits per heavy atom. The second kappa shape index (κ2) is 4.40. The zero-order valence-electron chi connectivity index (χ0n) is 10.2. The zero-order valence-corrected chi connectivity index (χ0v) is 11.0. The number of nitrogens with zero attached hydrogens (tertiary/aromatic N) is 1. The van der Waals surface area contributed by atoms with Crippen LogP contribution < -0.4 is 11.1 Å². The Kier molecular flexibility index (Phi) is 2.72. The summed E-state index contributed by atoms with van der Waals surface area (Å²) in [6.07, 6.45) is 0. The molecule has 3 aromatic rings. The quantitative estimate of drug-likeness (QED) is 0.670. The molecule has 0 spiro atoms. The van der Waals surface area contributed by atoms with Crippen LogP contribution in [0.3, 0.4) is 0 Å². The minimum atomic E-state index is -0.198. The van der Waals surface area contributed by atoms with Gasteiger partial charge < -0.3 is 11.1 Å². The number of nitrogens with two attached hydrogens (primary N) is 1. The van der Waals surface area contributed by atoms with Gasteiger partial charge in [-0.2, -0.15) is 5.10 Å². The molecule has 6 heteroatoms. The van der Waals surface area contributed by atoms with E-state index in [1.54, 1.807) is 18.3 Å². The van der Waals surface area contributed by atoms with Gasteiger partial charge in [0.1, 0.15) is 0 Å². The number of nitrogens with one attached hydrogen (secondary N) is 2. The third-order valence-electron chi connectivity index (χ3n) is 2.95. The highest BCUT2D eigenvalue weighted by Crippen LogP contribution is 2.27. The minimum absolute atomic E-state index is 0.198. The molecule has 1 amide bonds. The zero-order chi connectivity index (χ0) is 13.4. The van der Waals surface area contributed by atoms with Gasteiger partial charge in [-0.3, -0.25) is 9.89 Å². The smallest absolute Gasteiger partial charge is 0.258 e. The van der Waals surface area contributed by atoms with Crippen LogP contribution in [0.15, 0.2) is 29.6 Å². The van der Waals surface area contributed by atoms with Crippen LogP contribution in [0.25, 0.3) is 10.1 Å². The molecule has 0 saturated carbocycles. The number of carbonyl (C=O) groups is 1. The van der Waals surface area contributed by atoms with Gasteiger partial charge in [0, 0.05) is 15.5 Å². The van der Waals surface area contributed by atoms with Gasteiger partial charge in [0.05, 0.1) is 16.9 Å². The monoisotopic (exact) mass is 272 g/mol. The number of anilines is 2. The summed E-state index contributed by atoms with van der Waals surface area (Å²) in [5.41, 5.74) is 7.66. The number of benzene rings is 1. The van der Waals surface area contributed by atoms with Crippen LogP contribution >= 0.6 is 11.3 Å². The molecule has 0 aliphatic carbocycles.